The summed E-state index contributed by atoms with van der Waals surface area (Å²) in [4.78, 5) is 7.18. The van der Waals surface area contributed by atoms with Gasteiger partial charge in [0.2, 0.25) is 0 Å². The molecule has 0 bridgehead atoms. The van der Waals surface area contributed by atoms with Crippen LogP contribution in [0.1, 0.15) is 23.6 Å². The predicted molar refractivity (Wildman–Crippen MR) is 109 cm³/mol. The highest BCUT2D eigenvalue weighted by molar-refractivity contribution is 5.76. The van der Waals surface area contributed by atoms with Crippen molar-refractivity contribution < 1.29 is 4.74 Å². The average molecular weight is 370 g/mol. The van der Waals surface area contributed by atoms with E-state index in [1.807, 2.05) is 41.2 Å². The number of benzene rings is 2. The summed E-state index contributed by atoms with van der Waals surface area (Å²) < 4.78 is 7.26. The minimum atomic E-state index is 0.434. The van der Waals surface area contributed by atoms with E-state index >= 15 is 0 Å². The van der Waals surface area contributed by atoms with E-state index in [-0.39, 0.29) is 0 Å². The van der Waals surface area contributed by atoms with Crippen molar-refractivity contribution in [3.8, 4) is 16.9 Å². The topological polar surface area (TPSA) is 42.7 Å². The smallest absolute Gasteiger partial charge is 0.162 e. The second kappa shape index (κ2) is 7.09. The highest BCUT2D eigenvalue weighted by Gasteiger charge is 2.29. The van der Waals surface area contributed by atoms with Crippen LogP contribution in [0.15, 0.2) is 73.2 Å². The van der Waals surface area contributed by atoms with Crippen LogP contribution in [0, 0.1) is 0 Å². The van der Waals surface area contributed by atoms with E-state index in [0.29, 0.717) is 6.04 Å². The number of nitrogens with zero attached hydrogens (tertiary/aromatic N) is 4. The first-order valence-corrected chi connectivity index (χ1v) is 9.57. The van der Waals surface area contributed by atoms with Crippen LogP contribution >= 0.6 is 0 Å². The molecule has 1 aliphatic heterocycles. The summed E-state index contributed by atoms with van der Waals surface area (Å²) in [5.41, 5.74) is 5.57. The van der Waals surface area contributed by atoms with Gasteiger partial charge in [-0.2, -0.15) is 5.10 Å². The van der Waals surface area contributed by atoms with E-state index < -0.39 is 0 Å². The van der Waals surface area contributed by atoms with E-state index in [1.165, 1.54) is 17.5 Å². The van der Waals surface area contributed by atoms with Crippen molar-refractivity contribution in [2.45, 2.75) is 19.0 Å². The molecule has 1 atom stereocenters. The number of fused-ring (bicyclic) bond motifs is 1. The van der Waals surface area contributed by atoms with Gasteiger partial charge < -0.3 is 4.74 Å². The molecule has 28 heavy (non-hydrogen) atoms. The van der Waals surface area contributed by atoms with Crippen LogP contribution in [0.4, 0.5) is 0 Å². The zero-order chi connectivity index (χ0) is 18.9. The number of methoxy groups -OCH3 is 1. The van der Waals surface area contributed by atoms with Gasteiger partial charge in [-0.05, 0) is 29.7 Å². The van der Waals surface area contributed by atoms with Crippen LogP contribution in [0.5, 0.6) is 5.75 Å². The van der Waals surface area contributed by atoms with Crippen LogP contribution in [0.2, 0.25) is 0 Å². The SMILES string of the molecule is COc1cccc(C2CCN2Cc2cnc3c(-c4ccccc4)cnn3c2)c1. The molecule has 3 heterocycles. The molecule has 0 aliphatic carbocycles. The molecule has 1 unspecified atom stereocenters. The van der Waals surface area contributed by atoms with Crippen LogP contribution in [0.25, 0.3) is 16.8 Å². The highest BCUT2D eigenvalue weighted by Crippen LogP contribution is 2.35. The third kappa shape index (κ3) is 3.04. The van der Waals surface area contributed by atoms with Gasteiger partial charge in [0.1, 0.15) is 5.75 Å². The standard InChI is InChI=1S/C23H22N4O/c1-28-20-9-5-8-19(12-20)22-10-11-26(22)15-17-13-24-23-21(14-25-27(23)16-17)18-6-3-2-4-7-18/h2-9,12-14,16,22H,10-11,15H2,1H3. The van der Waals surface area contributed by atoms with E-state index in [2.05, 4.69) is 46.5 Å². The molecule has 4 aromatic rings. The first-order chi connectivity index (χ1) is 13.8. The van der Waals surface area contributed by atoms with Gasteiger partial charge in [0.05, 0.1) is 13.3 Å². The lowest BCUT2D eigenvalue weighted by atomic mass is 9.94. The summed E-state index contributed by atoms with van der Waals surface area (Å²) in [5.74, 6) is 0.914. The van der Waals surface area contributed by atoms with Gasteiger partial charge in [-0.1, -0.05) is 42.5 Å². The van der Waals surface area contributed by atoms with Crippen molar-refractivity contribution in [2.75, 3.05) is 13.7 Å². The Hall–Kier alpha value is -3.18. The fourth-order valence-electron chi connectivity index (χ4n) is 3.91. The van der Waals surface area contributed by atoms with Gasteiger partial charge in [-0.25, -0.2) is 9.50 Å². The molecular formula is C23H22N4O. The van der Waals surface area contributed by atoms with Crippen molar-refractivity contribution in [1.82, 2.24) is 19.5 Å². The summed E-state index contributed by atoms with van der Waals surface area (Å²) in [5, 5.41) is 4.53. The third-order valence-electron chi connectivity index (χ3n) is 5.49. The minimum Gasteiger partial charge on any atom is -0.497 e. The lowest BCUT2D eigenvalue weighted by Crippen LogP contribution is -2.40. The maximum atomic E-state index is 5.37. The zero-order valence-corrected chi connectivity index (χ0v) is 15.8. The minimum absolute atomic E-state index is 0.434. The molecule has 1 fully saturated rings. The Morgan fingerprint density at radius 3 is 2.75 bits per heavy atom. The number of hydrogen-bond donors (Lipinski definition) is 0. The molecular weight excluding hydrogens is 348 g/mol. The highest BCUT2D eigenvalue weighted by atomic mass is 16.5. The van der Waals surface area contributed by atoms with Crippen LogP contribution in [-0.2, 0) is 6.54 Å². The van der Waals surface area contributed by atoms with Gasteiger partial charge in [0.15, 0.2) is 5.65 Å². The van der Waals surface area contributed by atoms with Crippen molar-refractivity contribution in [1.29, 1.82) is 0 Å². The summed E-state index contributed by atoms with van der Waals surface area (Å²) in [6, 6.07) is 19.1. The summed E-state index contributed by atoms with van der Waals surface area (Å²) in [6.07, 6.45) is 7.13. The lowest BCUT2D eigenvalue weighted by Gasteiger charge is -2.41. The Morgan fingerprint density at radius 2 is 1.96 bits per heavy atom. The van der Waals surface area contributed by atoms with Gasteiger partial charge in [0, 0.05) is 42.7 Å². The molecule has 5 rings (SSSR count). The Morgan fingerprint density at radius 1 is 1.07 bits per heavy atom. The molecule has 5 heteroatoms. The number of ether oxygens (including phenoxy) is 1. The van der Waals surface area contributed by atoms with Gasteiger partial charge >= 0.3 is 0 Å². The van der Waals surface area contributed by atoms with E-state index in [0.717, 1.165) is 35.6 Å². The van der Waals surface area contributed by atoms with Gasteiger partial charge in [-0.3, -0.25) is 4.90 Å². The van der Waals surface area contributed by atoms with Crippen molar-refractivity contribution in [2.24, 2.45) is 0 Å². The molecule has 2 aromatic carbocycles. The Labute approximate surface area is 164 Å². The lowest BCUT2D eigenvalue weighted by molar-refractivity contribution is 0.0814. The molecule has 5 nitrogen and oxygen atoms in total. The van der Waals surface area contributed by atoms with Crippen molar-refractivity contribution in [3.05, 3.63) is 84.3 Å². The van der Waals surface area contributed by atoms with Crippen LogP contribution in [-0.4, -0.2) is 33.2 Å². The summed E-state index contributed by atoms with van der Waals surface area (Å²) >= 11 is 0. The molecule has 1 saturated heterocycles. The third-order valence-corrected chi connectivity index (χ3v) is 5.49. The molecule has 0 saturated carbocycles. The first kappa shape index (κ1) is 17.0. The first-order valence-electron chi connectivity index (χ1n) is 9.57. The normalized spacial score (nSPS) is 16.8. The summed E-state index contributed by atoms with van der Waals surface area (Å²) in [7, 11) is 1.71. The molecule has 1 aliphatic rings. The van der Waals surface area contributed by atoms with E-state index in [9.17, 15) is 0 Å². The molecule has 140 valence electrons. The fourth-order valence-corrected chi connectivity index (χ4v) is 3.91. The molecule has 0 amide bonds. The van der Waals surface area contributed by atoms with Gasteiger partial charge in [0.25, 0.3) is 0 Å². The maximum Gasteiger partial charge on any atom is 0.162 e. The van der Waals surface area contributed by atoms with E-state index in [4.69, 9.17) is 9.72 Å². The molecule has 0 spiro atoms. The Bertz CT molecular complexity index is 1110. The molecule has 0 N–H and O–H groups in total. The predicted octanol–water partition coefficient (Wildman–Crippen LogP) is 4.35. The maximum absolute atomic E-state index is 5.37. The Kier molecular flexibility index (Phi) is 4.29. The summed E-state index contributed by atoms with van der Waals surface area (Å²) in [6.45, 7) is 1.96. The number of hydrogen-bond acceptors (Lipinski definition) is 4. The van der Waals surface area contributed by atoms with Crippen LogP contribution < -0.4 is 4.74 Å². The van der Waals surface area contributed by atoms with E-state index in [1.54, 1.807) is 7.11 Å². The number of likely N-dealkylation sites (tertiary alicyclic amines) is 1. The second-order valence-corrected chi connectivity index (χ2v) is 7.21. The molecule has 2 aromatic heterocycles. The molecule has 0 radical (unpaired) electrons. The zero-order valence-electron chi connectivity index (χ0n) is 15.8. The average Bonchev–Trinajstić information content (AvgIpc) is 3.15. The monoisotopic (exact) mass is 370 g/mol. The Balaban J connectivity index is 1.37. The quantitative estimate of drug-likeness (QED) is 0.524. The second-order valence-electron chi connectivity index (χ2n) is 7.21. The number of rotatable bonds is 5. The van der Waals surface area contributed by atoms with Crippen LogP contribution in [0.3, 0.4) is 0 Å². The fraction of sp³-hybridized carbons (Fsp3) is 0.217. The van der Waals surface area contributed by atoms with Crippen molar-refractivity contribution in [3.63, 3.8) is 0 Å². The van der Waals surface area contributed by atoms with Crippen molar-refractivity contribution >= 4 is 5.65 Å². The van der Waals surface area contributed by atoms with Gasteiger partial charge in [-0.15, -0.1) is 0 Å². The number of aromatic nitrogens is 3. The largest absolute Gasteiger partial charge is 0.497 e.